The topological polar surface area (TPSA) is 51.0 Å². The van der Waals surface area contributed by atoms with Crippen LogP contribution in [0.5, 0.6) is 0 Å². The Labute approximate surface area is 141 Å². The van der Waals surface area contributed by atoms with Crippen molar-refractivity contribution in [1.82, 2.24) is 19.7 Å². The van der Waals surface area contributed by atoms with Gasteiger partial charge in [0, 0.05) is 17.6 Å². The fourth-order valence-corrected chi connectivity index (χ4v) is 3.35. The molecule has 0 atom stereocenters. The van der Waals surface area contributed by atoms with Crippen molar-refractivity contribution in [3.63, 3.8) is 0 Å². The number of hydrogen-bond acceptors (Lipinski definition) is 3. The van der Waals surface area contributed by atoms with E-state index < -0.39 is 0 Å². The van der Waals surface area contributed by atoms with Crippen molar-refractivity contribution in [1.29, 1.82) is 0 Å². The molecular weight excluding hydrogens is 312 g/mol. The largest absolute Gasteiger partial charge is 0.333 e. The molecule has 3 rings (SSSR count). The first kappa shape index (κ1) is 16.0. The van der Waals surface area contributed by atoms with E-state index in [0.29, 0.717) is 23.4 Å². The Morgan fingerprint density at radius 2 is 1.96 bits per heavy atom. The van der Waals surface area contributed by atoms with E-state index in [1.807, 2.05) is 30.9 Å². The summed E-state index contributed by atoms with van der Waals surface area (Å²) >= 11 is 5.92. The number of amides is 1. The van der Waals surface area contributed by atoms with Gasteiger partial charge in [-0.25, -0.2) is 9.67 Å². The van der Waals surface area contributed by atoms with Gasteiger partial charge in [-0.2, -0.15) is 0 Å². The lowest BCUT2D eigenvalue weighted by Gasteiger charge is -2.26. The molecule has 5 nitrogen and oxygen atoms in total. The zero-order valence-electron chi connectivity index (χ0n) is 13.5. The number of halogens is 1. The summed E-state index contributed by atoms with van der Waals surface area (Å²) in [6.07, 6.45) is 4.55. The first-order chi connectivity index (χ1) is 11.1. The average Bonchev–Trinajstić information content (AvgIpc) is 3.19. The lowest BCUT2D eigenvalue weighted by Crippen LogP contribution is -2.39. The van der Waals surface area contributed by atoms with Gasteiger partial charge in [0.25, 0.3) is 5.91 Å². The zero-order chi connectivity index (χ0) is 16.4. The van der Waals surface area contributed by atoms with Crippen LogP contribution in [0.25, 0.3) is 5.69 Å². The highest BCUT2D eigenvalue weighted by molar-refractivity contribution is 6.30. The maximum Gasteiger partial charge on any atom is 0.293 e. The molecule has 23 heavy (non-hydrogen) atoms. The van der Waals surface area contributed by atoms with Gasteiger partial charge in [-0.15, -0.1) is 5.10 Å². The number of aromatic nitrogens is 3. The Morgan fingerprint density at radius 3 is 2.57 bits per heavy atom. The molecule has 2 aromatic rings. The second-order valence-electron chi connectivity index (χ2n) is 5.90. The summed E-state index contributed by atoms with van der Waals surface area (Å²) in [6.45, 7) is 4.56. The van der Waals surface area contributed by atoms with E-state index in [4.69, 9.17) is 11.6 Å². The van der Waals surface area contributed by atoms with Crippen LogP contribution in [0.15, 0.2) is 24.3 Å². The van der Waals surface area contributed by atoms with Gasteiger partial charge in [-0.05, 0) is 51.0 Å². The molecule has 0 radical (unpaired) electrons. The van der Waals surface area contributed by atoms with Crippen LogP contribution in [0.3, 0.4) is 0 Å². The zero-order valence-corrected chi connectivity index (χ0v) is 14.3. The number of aryl methyl sites for hydroxylation is 1. The molecule has 0 saturated heterocycles. The Kier molecular flexibility index (Phi) is 4.66. The second kappa shape index (κ2) is 6.71. The number of nitrogens with zero attached hydrogens (tertiary/aromatic N) is 4. The van der Waals surface area contributed by atoms with Crippen LogP contribution in [0, 0.1) is 6.92 Å². The predicted molar refractivity (Wildman–Crippen MR) is 90.1 cm³/mol. The first-order valence-electron chi connectivity index (χ1n) is 8.10. The number of hydrogen-bond donors (Lipinski definition) is 0. The molecule has 1 heterocycles. The van der Waals surface area contributed by atoms with Crippen molar-refractivity contribution in [2.75, 3.05) is 6.54 Å². The SMILES string of the molecule is CCN(C(=O)c1nc(C)n(-c2ccc(Cl)cc2)n1)C1CCCC1. The molecule has 1 fully saturated rings. The molecule has 1 aliphatic rings. The molecule has 0 N–H and O–H groups in total. The van der Waals surface area contributed by atoms with Gasteiger partial charge in [0.05, 0.1) is 5.69 Å². The molecule has 0 bridgehead atoms. The van der Waals surface area contributed by atoms with Crippen LogP contribution in [0.1, 0.15) is 49.1 Å². The van der Waals surface area contributed by atoms with Gasteiger partial charge < -0.3 is 4.90 Å². The normalized spacial score (nSPS) is 15.1. The fourth-order valence-electron chi connectivity index (χ4n) is 3.22. The number of carbonyl (C=O) groups excluding carboxylic acids is 1. The Balaban J connectivity index is 1.87. The van der Waals surface area contributed by atoms with Crippen LogP contribution in [-0.2, 0) is 0 Å². The highest BCUT2D eigenvalue weighted by atomic mass is 35.5. The van der Waals surface area contributed by atoms with Crippen LogP contribution in [0.2, 0.25) is 5.02 Å². The summed E-state index contributed by atoms with van der Waals surface area (Å²) in [5.41, 5.74) is 0.849. The maximum absolute atomic E-state index is 12.8. The third-order valence-electron chi connectivity index (χ3n) is 4.40. The monoisotopic (exact) mass is 332 g/mol. The molecule has 1 saturated carbocycles. The van der Waals surface area contributed by atoms with Crippen LogP contribution < -0.4 is 0 Å². The van der Waals surface area contributed by atoms with E-state index in [9.17, 15) is 4.79 Å². The van der Waals surface area contributed by atoms with Crippen molar-refractivity contribution in [3.8, 4) is 5.69 Å². The molecule has 6 heteroatoms. The Morgan fingerprint density at radius 1 is 1.30 bits per heavy atom. The van der Waals surface area contributed by atoms with Gasteiger partial charge in [-0.3, -0.25) is 4.79 Å². The molecule has 0 spiro atoms. The van der Waals surface area contributed by atoms with E-state index in [0.717, 1.165) is 18.5 Å². The standard InChI is InChI=1S/C17H21ClN4O/c1-3-21(14-6-4-5-7-14)17(23)16-19-12(2)22(20-16)15-10-8-13(18)9-11-15/h8-11,14H,3-7H2,1-2H3. The van der Waals surface area contributed by atoms with Gasteiger partial charge in [0.15, 0.2) is 0 Å². The quantitative estimate of drug-likeness (QED) is 0.859. The number of benzene rings is 1. The van der Waals surface area contributed by atoms with Crippen LogP contribution >= 0.6 is 11.6 Å². The molecular formula is C17H21ClN4O. The number of carbonyl (C=O) groups is 1. The maximum atomic E-state index is 12.8. The lowest BCUT2D eigenvalue weighted by atomic mass is 10.2. The van der Waals surface area contributed by atoms with E-state index in [1.54, 1.807) is 16.8 Å². The Bertz CT molecular complexity index is 689. The van der Waals surface area contributed by atoms with Crippen LogP contribution in [0.4, 0.5) is 0 Å². The van der Waals surface area contributed by atoms with E-state index in [2.05, 4.69) is 10.1 Å². The molecule has 0 aliphatic heterocycles. The fraction of sp³-hybridized carbons (Fsp3) is 0.471. The second-order valence-corrected chi connectivity index (χ2v) is 6.34. The summed E-state index contributed by atoms with van der Waals surface area (Å²) in [5, 5.41) is 5.09. The summed E-state index contributed by atoms with van der Waals surface area (Å²) in [4.78, 5) is 19.1. The van der Waals surface area contributed by atoms with Gasteiger partial charge in [0.1, 0.15) is 5.82 Å². The van der Waals surface area contributed by atoms with E-state index >= 15 is 0 Å². The molecule has 1 aromatic heterocycles. The van der Waals surface area contributed by atoms with Crippen molar-refractivity contribution in [3.05, 3.63) is 40.9 Å². The summed E-state index contributed by atoms with van der Waals surface area (Å²) in [7, 11) is 0. The minimum absolute atomic E-state index is 0.0739. The number of rotatable bonds is 4. The summed E-state index contributed by atoms with van der Waals surface area (Å²) in [6, 6.07) is 7.67. The highest BCUT2D eigenvalue weighted by Crippen LogP contribution is 2.24. The smallest absolute Gasteiger partial charge is 0.293 e. The van der Waals surface area contributed by atoms with Crippen molar-refractivity contribution in [2.24, 2.45) is 0 Å². The minimum Gasteiger partial charge on any atom is -0.333 e. The molecule has 1 aliphatic carbocycles. The van der Waals surface area contributed by atoms with E-state index in [1.165, 1.54) is 12.8 Å². The molecule has 1 amide bonds. The molecule has 0 unspecified atom stereocenters. The third kappa shape index (κ3) is 3.24. The summed E-state index contributed by atoms with van der Waals surface area (Å²) in [5.74, 6) is 0.888. The van der Waals surface area contributed by atoms with Crippen LogP contribution in [-0.4, -0.2) is 38.2 Å². The van der Waals surface area contributed by atoms with Crippen molar-refractivity contribution in [2.45, 2.75) is 45.6 Å². The predicted octanol–water partition coefficient (Wildman–Crippen LogP) is 3.63. The third-order valence-corrected chi connectivity index (χ3v) is 4.65. The van der Waals surface area contributed by atoms with Crippen molar-refractivity contribution >= 4 is 17.5 Å². The molecule has 1 aromatic carbocycles. The van der Waals surface area contributed by atoms with Gasteiger partial charge >= 0.3 is 0 Å². The first-order valence-corrected chi connectivity index (χ1v) is 8.48. The molecule has 122 valence electrons. The Hall–Kier alpha value is -1.88. The van der Waals surface area contributed by atoms with Crippen molar-refractivity contribution < 1.29 is 4.79 Å². The summed E-state index contributed by atoms with van der Waals surface area (Å²) < 4.78 is 1.69. The minimum atomic E-state index is -0.0739. The van der Waals surface area contributed by atoms with Gasteiger partial charge in [0.2, 0.25) is 5.82 Å². The highest BCUT2D eigenvalue weighted by Gasteiger charge is 2.28. The average molecular weight is 333 g/mol. The van der Waals surface area contributed by atoms with E-state index in [-0.39, 0.29) is 11.7 Å². The lowest BCUT2D eigenvalue weighted by molar-refractivity contribution is 0.0681. The van der Waals surface area contributed by atoms with Gasteiger partial charge in [-0.1, -0.05) is 24.4 Å².